The fourth-order valence-electron chi connectivity index (χ4n) is 1.03. The first-order valence-electron chi connectivity index (χ1n) is 3.75. The minimum absolute atomic E-state index is 0.0344. The van der Waals surface area contributed by atoms with Crippen LogP contribution >= 0.6 is 0 Å². The van der Waals surface area contributed by atoms with Crippen molar-refractivity contribution in [1.82, 2.24) is 4.98 Å². The smallest absolute Gasteiger partial charge is 0.267 e. The molecule has 0 aliphatic heterocycles. The molecule has 1 heterocycles. The summed E-state index contributed by atoms with van der Waals surface area (Å²) in [5.74, 6) is -1.10. The number of aromatic nitrogens is 1. The Kier molecular flexibility index (Phi) is 2.91. The Bertz CT molecular complexity index is 487. The molecule has 0 spiro atoms. The molecule has 1 aromatic heterocycles. The van der Waals surface area contributed by atoms with E-state index in [0.717, 1.165) is 6.07 Å². The summed E-state index contributed by atoms with van der Waals surface area (Å²) < 4.78 is 46.5. The first kappa shape index (κ1) is 11.8. The molecular weight excluding hydrogens is 230 g/mol. The van der Waals surface area contributed by atoms with Crippen LogP contribution in [0, 0.1) is 6.92 Å². The minimum atomic E-state index is -4.31. The van der Waals surface area contributed by atoms with E-state index in [1.165, 1.54) is 6.92 Å². The number of halogens is 2. The third-order valence-corrected chi connectivity index (χ3v) is 2.45. The van der Waals surface area contributed by atoms with Crippen molar-refractivity contribution in [3.8, 4) is 5.75 Å². The van der Waals surface area contributed by atoms with Gasteiger partial charge in [-0.05, 0) is 13.0 Å². The van der Waals surface area contributed by atoms with Gasteiger partial charge >= 0.3 is 0 Å². The third kappa shape index (κ3) is 2.39. The van der Waals surface area contributed by atoms with Gasteiger partial charge in [0, 0.05) is 5.69 Å². The molecule has 8 heteroatoms. The molecule has 0 saturated heterocycles. The van der Waals surface area contributed by atoms with E-state index in [1.807, 2.05) is 0 Å². The van der Waals surface area contributed by atoms with E-state index in [9.17, 15) is 22.3 Å². The molecule has 0 fully saturated rings. The maximum absolute atomic E-state index is 12.4. The highest BCUT2D eigenvalue weighted by Gasteiger charge is 2.23. The predicted octanol–water partition coefficient (Wildman–Crippen LogP) is 0.681. The van der Waals surface area contributed by atoms with Crippen LogP contribution in [0.3, 0.4) is 0 Å². The molecule has 0 unspecified atom stereocenters. The van der Waals surface area contributed by atoms with Crippen molar-refractivity contribution >= 4 is 10.0 Å². The van der Waals surface area contributed by atoms with Crippen LogP contribution in [0.25, 0.3) is 0 Å². The summed E-state index contributed by atoms with van der Waals surface area (Å²) in [6, 6.07) is 0.898. The monoisotopic (exact) mass is 238 g/mol. The number of aryl methyl sites for hydroxylation is 1. The summed E-state index contributed by atoms with van der Waals surface area (Å²) in [4.78, 5) is 3.39. The lowest BCUT2D eigenvalue weighted by molar-refractivity contribution is 0.146. The second kappa shape index (κ2) is 3.70. The lowest BCUT2D eigenvalue weighted by Gasteiger charge is -2.08. The number of hydrogen-bond donors (Lipinski definition) is 2. The van der Waals surface area contributed by atoms with Crippen molar-refractivity contribution in [3.05, 3.63) is 17.3 Å². The molecule has 1 aromatic rings. The van der Waals surface area contributed by atoms with E-state index < -0.39 is 32.8 Å². The Balaban J connectivity index is 3.56. The molecule has 0 radical (unpaired) electrons. The van der Waals surface area contributed by atoms with Gasteiger partial charge in [0.25, 0.3) is 16.4 Å². The summed E-state index contributed by atoms with van der Waals surface area (Å²) >= 11 is 0. The van der Waals surface area contributed by atoms with Crippen molar-refractivity contribution < 1.29 is 22.3 Å². The van der Waals surface area contributed by atoms with Gasteiger partial charge in [-0.25, -0.2) is 27.3 Å². The van der Waals surface area contributed by atoms with Gasteiger partial charge < -0.3 is 5.11 Å². The van der Waals surface area contributed by atoms with Crippen LogP contribution in [-0.4, -0.2) is 18.5 Å². The number of rotatable bonds is 2. The first-order valence-corrected chi connectivity index (χ1v) is 5.29. The topological polar surface area (TPSA) is 93.3 Å². The Morgan fingerprint density at radius 1 is 1.53 bits per heavy atom. The van der Waals surface area contributed by atoms with Crippen LogP contribution in [0.4, 0.5) is 8.78 Å². The summed E-state index contributed by atoms with van der Waals surface area (Å²) in [7, 11) is -4.31. The normalized spacial score (nSPS) is 12.1. The number of alkyl halides is 2. The number of pyridine rings is 1. The molecule has 0 amide bonds. The molecule has 0 aromatic carbocycles. The van der Waals surface area contributed by atoms with Crippen molar-refractivity contribution in [2.75, 3.05) is 0 Å². The Hall–Kier alpha value is -1.28. The fraction of sp³-hybridized carbons (Fsp3) is 0.286. The standard InChI is InChI=1S/C7H8F2N2O3S/c1-3-2-4(6(8)9)5(12)7(11-3)15(10,13)14/h2,6,12H,1H3,(H2,10,13,14). The van der Waals surface area contributed by atoms with E-state index >= 15 is 0 Å². The van der Waals surface area contributed by atoms with Crippen LogP contribution < -0.4 is 5.14 Å². The zero-order chi connectivity index (χ0) is 11.8. The average Bonchev–Trinajstić information content (AvgIpc) is 2.06. The molecule has 0 aliphatic rings. The molecule has 0 bridgehead atoms. The lowest BCUT2D eigenvalue weighted by atomic mass is 10.2. The second-order valence-electron chi connectivity index (χ2n) is 2.85. The Morgan fingerprint density at radius 3 is 2.47 bits per heavy atom. The van der Waals surface area contributed by atoms with Crippen LogP contribution in [0.1, 0.15) is 17.7 Å². The quantitative estimate of drug-likeness (QED) is 0.792. The number of hydrogen-bond acceptors (Lipinski definition) is 4. The zero-order valence-electron chi connectivity index (χ0n) is 7.61. The Labute approximate surface area is 84.6 Å². The van der Waals surface area contributed by atoms with Crippen LogP contribution in [0.5, 0.6) is 5.75 Å². The molecule has 0 saturated carbocycles. The van der Waals surface area contributed by atoms with Crippen molar-refractivity contribution in [2.45, 2.75) is 18.4 Å². The number of aromatic hydroxyl groups is 1. The van der Waals surface area contributed by atoms with Gasteiger partial charge in [0.1, 0.15) is 0 Å². The van der Waals surface area contributed by atoms with Gasteiger partial charge in [-0.2, -0.15) is 0 Å². The van der Waals surface area contributed by atoms with Crippen LogP contribution in [0.2, 0.25) is 0 Å². The molecule has 0 atom stereocenters. The highest BCUT2D eigenvalue weighted by atomic mass is 32.2. The molecular formula is C7H8F2N2O3S. The van der Waals surface area contributed by atoms with Crippen molar-refractivity contribution in [3.63, 3.8) is 0 Å². The van der Waals surface area contributed by atoms with Crippen molar-refractivity contribution in [2.24, 2.45) is 5.14 Å². The SMILES string of the molecule is Cc1cc(C(F)F)c(O)c(S(N)(=O)=O)n1. The summed E-state index contributed by atoms with van der Waals surface area (Å²) in [6.45, 7) is 1.32. The number of sulfonamides is 1. The van der Waals surface area contributed by atoms with E-state index in [1.54, 1.807) is 0 Å². The molecule has 3 N–H and O–H groups in total. The summed E-state index contributed by atoms with van der Waals surface area (Å²) in [5, 5.41) is 13.0. The van der Waals surface area contributed by atoms with Gasteiger partial charge in [0.2, 0.25) is 5.03 Å². The summed E-state index contributed by atoms with van der Waals surface area (Å²) in [6.07, 6.45) is -2.99. The largest absolute Gasteiger partial charge is 0.505 e. The highest BCUT2D eigenvalue weighted by molar-refractivity contribution is 7.89. The fourth-order valence-corrected chi connectivity index (χ4v) is 1.69. The number of nitrogens with zero attached hydrogens (tertiary/aromatic N) is 1. The second-order valence-corrected chi connectivity index (χ2v) is 4.33. The first-order chi connectivity index (χ1) is 6.73. The van der Waals surface area contributed by atoms with Gasteiger partial charge in [0.15, 0.2) is 5.75 Å². The Morgan fingerprint density at radius 2 is 2.07 bits per heavy atom. The maximum atomic E-state index is 12.4. The van der Waals surface area contributed by atoms with Gasteiger partial charge in [-0.3, -0.25) is 0 Å². The molecule has 1 rings (SSSR count). The van der Waals surface area contributed by atoms with Gasteiger partial charge in [-0.15, -0.1) is 0 Å². The van der Waals surface area contributed by atoms with Gasteiger partial charge in [-0.1, -0.05) is 0 Å². The van der Waals surface area contributed by atoms with E-state index in [0.29, 0.717) is 0 Å². The zero-order valence-corrected chi connectivity index (χ0v) is 8.42. The number of nitrogens with two attached hydrogens (primary N) is 1. The van der Waals surface area contributed by atoms with E-state index in [2.05, 4.69) is 4.98 Å². The number of primary sulfonamides is 1. The average molecular weight is 238 g/mol. The molecule has 84 valence electrons. The van der Waals surface area contributed by atoms with Crippen LogP contribution in [0.15, 0.2) is 11.1 Å². The minimum Gasteiger partial charge on any atom is -0.505 e. The maximum Gasteiger partial charge on any atom is 0.267 e. The van der Waals surface area contributed by atoms with Crippen LogP contribution in [-0.2, 0) is 10.0 Å². The predicted molar refractivity (Wildman–Crippen MR) is 47.0 cm³/mol. The van der Waals surface area contributed by atoms with E-state index in [4.69, 9.17) is 5.14 Å². The summed E-state index contributed by atoms with van der Waals surface area (Å²) in [5.41, 5.74) is -0.765. The lowest BCUT2D eigenvalue weighted by Crippen LogP contribution is -2.15. The van der Waals surface area contributed by atoms with Gasteiger partial charge in [0.05, 0.1) is 5.56 Å². The third-order valence-electron chi connectivity index (χ3n) is 1.62. The highest BCUT2D eigenvalue weighted by Crippen LogP contribution is 2.32. The molecule has 15 heavy (non-hydrogen) atoms. The molecule has 5 nitrogen and oxygen atoms in total. The van der Waals surface area contributed by atoms with Crippen molar-refractivity contribution in [1.29, 1.82) is 0 Å². The molecule has 0 aliphatic carbocycles. The van der Waals surface area contributed by atoms with E-state index in [-0.39, 0.29) is 5.69 Å².